The lowest BCUT2D eigenvalue weighted by Crippen LogP contribution is -2.45. The van der Waals surface area contributed by atoms with E-state index in [1.807, 2.05) is 87.5 Å². The zero-order valence-electron chi connectivity index (χ0n) is 21.2. The molecule has 9 heteroatoms. The topological polar surface area (TPSA) is 106 Å². The quantitative estimate of drug-likeness (QED) is 0.442. The van der Waals surface area contributed by atoms with Crippen molar-refractivity contribution in [3.05, 3.63) is 78.0 Å². The average Bonchev–Trinajstić information content (AvgIpc) is 3.28. The summed E-state index contributed by atoms with van der Waals surface area (Å²) in [6, 6.07) is 20.1. The molecule has 190 valence electrons. The van der Waals surface area contributed by atoms with Crippen LogP contribution in [0.2, 0.25) is 0 Å². The Labute approximate surface area is 211 Å². The minimum Gasteiger partial charge on any atom is -0.465 e. The predicted octanol–water partition coefficient (Wildman–Crippen LogP) is 3.88. The lowest BCUT2D eigenvalue weighted by atomic mass is 9.92. The van der Waals surface area contributed by atoms with Gasteiger partial charge in [-0.2, -0.15) is 5.10 Å². The summed E-state index contributed by atoms with van der Waals surface area (Å²) in [7, 11) is 0. The van der Waals surface area contributed by atoms with Crippen molar-refractivity contribution in [1.29, 1.82) is 0 Å². The molecule has 1 aromatic heterocycles. The summed E-state index contributed by atoms with van der Waals surface area (Å²) in [6.07, 6.45) is 0. The van der Waals surface area contributed by atoms with E-state index in [0.717, 1.165) is 16.9 Å². The molecule has 0 saturated carbocycles. The van der Waals surface area contributed by atoms with Gasteiger partial charge in [-0.25, -0.2) is 9.48 Å². The number of carbonyl (C=O) groups excluding carboxylic acids is 3. The first-order valence-corrected chi connectivity index (χ1v) is 11.9. The van der Waals surface area contributed by atoms with Crippen molar-refractivity contribution in [3.8, 4) is 5.69 Å². The van der Waals surface area contributed by atoms with Crippen molar-refractivity contribution in [1.82, 2.24) is 20.0 Å². The third-order valence-electron chi connectivity index (χ3n) is 5.27. The molecule has 9 nitrogen and oxygen atoms in total. The van der Waals surface area contributed by atoms with E-state index < -0.39 is 17.9 Å². The second-order valence-electron chi connectivity index (χ2n) is 9.27. The van der Waals surface area contributed by atoms with Crippen LogP contribution in [0.1, 0.15) is 39.0 Å². The van der Waals surface area contributed by atoms with E-state index in [-0.39, 0.29) is 31.7 Å². The third-order valence-corrected chi connectivity index (χ3v) is 5.27. The number of carbonyl (C=O) groups is 3. The van der Waals surface area contributed by atoms with E-state index in [1.54, 1.807) is 11.6 Å². The summed E-state index contributed by atoms with van der Waals surface area (Å²) < 4.78 is 6.56. The van der Waals surface area contributed by atoms with Gasteiger partial charge in [0.1, 0.15) is 18.9 Å². The number of benzene rings is 2. The van der Waals surface area contributed by atoms with Gasteiger partial charge in [-0.15, -0.1) is 0 Å². The Morgan fingerprint density at radius 1 is 1.00 bits per heavy atom. The third kappa shape index (κ3) is 7.43. The summed E-state index contributed by atoms with van der Waals surface area (Å²) in [4.78, 5) is 39.1. The zero-order valence-corrected chi connectivity index (χ0v) is 21.2. The van der Waals surface area contributed by atoms with Gasteiger partial charge in [0.2, 0.25) is 5.91 Å². The van der Waals surface area contributed by atoms with Crippen LogP contribution in [0.5, 0.6) is 0 Å². The van der Waals surface area contributed by atoms with Gasteiger partial charge < -0.3 is 20.3 Å². The molecule has 36 heavy (non-hydrogen) atoms. The number of urea groups is 1. The number of anilines is 1. The Hall–Kier alpha value is -4.14. The van der Waals surface area contributed by atoms with Crippen LogP contribution in [0.4, 0.5) is 10.6 Å². The van der Waals surface area contributed by atoms with Crippen molar-refractivity contribution in [2.75, 3.05) is 25.0 Å². The molecule has 0 spiro atoms. The Morgan fingerprint density at radius 3 is 2.25 bits per heavy atom. The minimum absolute atomic E-state index is 0.189. The van der Waals surface area contributed by atoms with Crippen LogP contribution in [0.25, 0.3) is 5.69 Å². The van der Waals surface area contributed by atoms with Crippen molar-refractivity contribution >= 4 is 23.7 Å². The van der Waals surface area contributed by atoms with Gasteiger partial charge in [0.15, 0.2) is 0 Å². The van der Waals surface area contributed by atoms with Crippen molar-refractivity contribution < 1.29 is 19.1 Å². The van der Waals surface area contributed by atoms with Gasteiger partial charge in [0, 0.05) is 18.0 Å². The molecule has 0 aliphatic heterocycles. The highest BCUT2D eigenvalue weighted by Crippen LogP contribution is 2.26. The van der Waals surface area contributed by atoms with Gasteiger partial charge >= 0.3 is 12.0 Å². The summed E-state index contributed by atoms with van der Waals surface area (Å²) in [5.74, 6) is -0.436. The molecule has 0 atom stereocenters. The predicted molar refractivity (Wildman–Crippen MR) is 138 cm³/mol. The van der Waals surface area contributed by atoms with Gasteiger partial charge in [-0.3, -0.25) is 9.59 Å². The summed E-state index contributed by atoms with van der Waals surface area (Å²) in [5, 5.41) is 10.1. The molecule has 2 aromatic carbocycles. The number of aromatic nitrogens is 2. The molecule has 0 saturated heterocycles. The fourth-order valence-electron chi connectivity index (χ4n) is 3.43. The van der Waals surface area contributed by atoms with E-state index in [4.69, 9.17) is 9.84 Å². The molecule has 1 heterocycles. The van der Waals surface area contributed by atoms with E-state index >= 15 is 0 Å². The first-order chi connectivity index (χ1) is 17.2. The van der Waals surface area contributed by atoms with E-state index in [1.165, 1.54) is 4.90 Å². The summed E-state index contributed by atoms with van der Waals surface area (Å²) >= 11 is 0. The van der Waals surface area contributed by atoms with E-state index in [0.29, 0.717) is 5.82 Å². The number of nitrogens with one attached hydrogen (secondary N) is 2. The zero-order chi connectivity index (χ0) is 26.1. The SMILES string of the molecule is CCOC(=O)CNC(=O)N(CC(=O)Nc1cc(C(C)(C)C)nn1-c1ccccc1)Cc1ccccc1. The molecule has 0 aliphatic rings. The maximum Gasteiger partial charge on any atom is 0.325 e. The Balaban J connectivity index is 1.79. The number of esters is 1. The second kappa shape index (κ2) is 12.0. The van der Waals surface area contributed by atoms with Gasteiger partial charge in [0.05, 0.1) is 18.0 Å². The molecule has 0 radical (unpaired) electrons. The molecule has 2 N–H and O–H groups in total. The maximum atomic E-state index is 13.1. The smallest absolute Gasteiger partial charge is 0.325 e. The van der Waals surface area contributed by atoms with Crippen LogP contribution in [0.15, 0.2) is 66.7 Å². The van der Waals surface area contributed by atoms with Crippen LogP contribution in [0, 0.1) is 0 Å². The van der Waals surface area contributed by atoms with Crippen LogP contribution in [-0.4, -0.2) is 52.3 Å². The monoisotopic (exact) mass is 491 g/mol. The van der Waals surface area contributed by atoms with Crippen LogP contribution < -0.4 is 10.6 Å². The molecular weight excluding hydrogens is 458 g/mol. The Morgan fingerprint density at radius 2 is 1.64 bits per heavy atom. The summed E-state index contributed by atoms with van der Waals surface area (Å²) in [6.45, 7) is 7.73. The number of para-hydroxylation sites is 1. The first kappa shape index (κ1) is 26.5. The molecule has 0 bridgehead atoms. The highest BCUT2D eigenvalue weighted by molar-refractivity contribution is 5.94. The molecule has 3 aromatic rings. The average molecular weight is 492 g/mol. The number of hydrogen-bond acceptors (Lipinski definition) is 5. The highest BCUT2D eigenvalue weighted by atomic mass is 16.5. The number of ether oxygens (including phenoxy) is 1. The van der Waals surface area contributed by atoms with Crippen LogP contribution in [0.3, 0.4) is 0 Å². The number of rotatable bonds is 9. The first-order valence-electron chi connectivity index (χ1n) is 11.9. The number of hydrogen-bond donors (Lipinski definition) is 2. The fraction of sp³-hybridized carbons (Fsp3) is 0.333. The van der Waals surface area contributed by atoms with Gasteiger partial charge in [-0.1, -0.05) is 69.3 Å². The molecule has 0 fully saturated rings. The van der Waals surface area contributed by atoms with Gasteiger partial charge in [0.25, 0.3) is 0 Å². The lowest BCUT2D eigenvalue weighted by Gasteiger charge is -2.22. The largest absolute Gasteiger partial charge is 0.465 e. The highest BCUT2D eigenvalue weighted by Gasteiger charge is 2.23. The number of nitrogens with zero attached hydrogens (tertiary/aromatic N) is 3. The lowest BCUT2D eigenvalue weighted by molar-refractivity contribution is -0.141. The fourth-order valence-corrected chi connectivity index (χ4v) is 3.43. The standard InChI is InChI=1S/C27H33N5O4/c1-5-36-25(34)17-28-26(35)31(18-20-12-8-6-9-13-20)19-24(33)29-23-16-22(27(2,3)4)30-32(23)21-14-10-7-11-15-21/h6-16H,5,17-19H2,1-4H3,(H,28,35)(H,29,33). The second-order valence-corrected chi connectivity index (χ2v) is 9.27. The minimum atomic E-state index is -0.547. The molecule has 0 unspecified atom stereocenters. The summed E-state index contributed by atoms with van der Waals surface area (Å²) in [5.41, 5.74) is 2.23. The van der Waals surface area contributed by atoms with Crippen LogP contribution >= 0.6 is 0 Å². The molecular formula is C27H33N5O4. The van der Waals surface area contributed by atoms with Crippen molar-refractivity contribution in [3.63, 3.8) is 0 Å². The maximum absolute atomic E-state index is 13.1. The molecule has 3 rings (SSSR count). The van der Waals surface area contributed by atoms with Crippen molar-refractivity contribution in [2.24, 2.45) is 0 Å². The van der Waals surface area contributed by atoms with Gasteiger partial charge in [-0.05, 0) is 24.6 Å². The Kier molecular flexibility index (Phi) is 8.83. The molecule has 0 aliphatic carbocycles. The Bertz CT molecular complexity index is 1170. The number of amides is 3. The van der Waals surface area contributed by atoms with E-state index in [9.17, 15) is 14.4 Å². The molecule has 3 amide bonds. The van der Waals surface area contributed by atoms with Crippen molar-refractivity contribution in [2.45, 2.75) is 39.7 Å². The van der Waals surface area contributed by atoms with E-state index in [2.05, 4.69) is 10.6 Å². The van der Waals surface area contributed by atoms with Crippen LogP contribution in [-0.2, 0) is 26.3 Å². The normalized spacial score (nSPS) is 11.0.